The lowest BCUT2D eigenvalue weighted by molar-refractivity contribution is -0.385. The largest absolute Gasteiger partial charge is 0.493 e. The summed E-state index contributed by atoms with van der Waals surface area (Å²) in [6, 6.07) is 15.7. The van der Waals surface area contributed by atoms with Crippen molar-refractivity contribution in [2.24, 2.45) is 4.99 Å². The zero-order valence-electron chi connectivity index (χ0n) is 22.8. The van der Waals surface area contributed by atoms with Crippen LogP contribution in [0.25, 0.3) is 0 Å². The van der Waals surface area contributed by atoms with Crippen LogP contribution in [0.1, 0.15) is 53.6 Å². The molecule has 1 fully saturated rings. The number of fused-ring (bicyclic) bond motifs is 2. The molecule has 40 heavy (non-hydrogen) atoms. The molecular weight excluding hydrogens is 510 g/mol. The molecule has 2 aliphatic rings. The second-order valence-electron chi connectivity index (χ2n) is 10.2. The summed E-state index contributed by atoms with van der Waals surface area (Å²) in [5.41, 5.74) is 3.19. The number of carbonyl (C=O) groups is 1. The lowest BCUT2D eigenvalue weighted by atomic mass is 10.1. The summed E-state index contributed by atoms with van der Waals surface area (Å²) in [5.74, 6) is 1.97. The van der Waals surface area contributed by atoms with Crippen molar-refractivity contribution in [3.05, 3.63) is 81.4 Å². The van der Waals surface area contributed by atoms with E-state index in [0.29, 0.717) is 36.0 Å². The third-order valence-corrected chi connectivity index (χ3v) is 7.16. The molecule has 9 nitrogen and oxygen atoms in total. The van der Waals surface area contributed by atoms with Crippen LogP contribution in [0.2, 0.25) is 0 Å². The van der Waals surface area contributed by atoms with Crippen LogP contribution in [0.5, 0.6) is 23.0 Å². The van der Waals surface area contributed by atoms with E-state index in [9.17, 15) is 14.9 Å². The van der Waals surface area contributed by atoms with Gasteiger partial charge in [0, 0.05) is 31.0 Å². The van der Waals surface area contributed by atoms with Crippen LogP contribution >= 0.6 is 0 Å². The standard InChI is InChI=1S/C31H33N3O6/c1-21-8-10-24(11-9-21)40-30-18-25(12-13-28(30)34(36)37)38-15-4-3-5-16-39-29-19-27-26(17-22(29)2)31(35)33-14-6-7-23(33)20-32-27/h8-13,17-20,23H,3-7,14-16H2,1-2H3/t23-/m0/s1. The van der Waals surface area contributed by atoms with Crippen molar-refractivity contribution in [1.29, 1.82) is 0 Å². The molecule has 0 N–H and O–H groups in total. The molecule has 2 aliphatic heterocycles. The molecule has 0 radical (unpaired) electrons. The number of hydrogen-bond donors (Lipinski definition) is 0. The Morgan fingerprint density at radius 1 is 0.950 bits per heavy atom. The van der Waals surface area contributed by atoms with Crippen LogP contribution in [0.3, 0.4) is 0 Å². The fraction of sp³-hybridized carbons (Fsp3) is 0.355. The highest BCUT2D eigenvalue weighted by Crippen LogP contribution is 2.36. The molecule has 0 bridgehead atoms. The zero-order valence-corrected chi connectivity index (χ0v) is 22.8. The third-order valence-electron chi connectivity index (χ3n) is 7.16. The molecule has 3 aromatic rings. The number of aryl methyl sites for hydroxylation is 2. The number of hydrogen-bond acceptors (Lipinski definition) is 7. The average molecular weight is 544 g/mol. The summed E-state index contributed by atoms with van der Waals surface area (Å²) in [5, 5.41) is 11.5. The first-order valence-corrected chi connectivity index (χ1v) is 13.7. The molecule has 1 saturated heterocycles. The first-order valence-electron chi connectivity index (χ1n) is 13.7. The van der Waals surface area contributed by atoms with Crippen LogP contribution in [-0.2, 0) is 0 Å². The number of nitrogens with zero attached hydrogens (tertiary/aromatic N) is 3. The highest BCUT2D eigenvalue weighted by Gasteiger charge is 2.32. The van der Waals surface area contributed by atoms with Gasteiger partial charge in [-0.15, -0.1) is 0 Å². The summed E-state index contributed by atoms with van der Waals surface area (Å²) in [4.78, 5) is 30.5. The highest BCUT2D eigenvalue weighted by atomic mass is 16.6. The molecular formula is C31H33N3O6. The Balaban J connectivity index is 1.09. The number of ether oxygens (including phenoxy) is 3. The Hall–Kier alpha value is -4.40. The maximum atomic E-state index is 13.0. The molecule has 0 aliphatic carbocycles. The summed E-state index contributed by atoms with van der Waals surface area (Å²) in [6.07, 6.45) is 6.38. The van der Waals surface area contributed by atoms with E-state index in [0.717, 1.165) is 55.5 Å². The van der Waals surface area contributed by atoms with Crippen LogP contribution in [0.15, 0.2) is 59.6 Å². The van der Waals surface area contributed by atoms with E-state index in [4.69, 9.17) is 14.2 Å². The van der Waals surface area contributed by atoms with E-state index in [1.807, 2.05) is 49.2 Å². The zero-order chi connectivity index (χ0) is 28.1. The van der Waals surface area contributed by atoms with E-state index in [-0.39, 0.29) is 23.4 Å². The number of carbonyl (C=O) groups excluding carboxylic acids is 1. The minimum absolute atomic E-state index is 0.0477. The molecule has 208 valence electrons. The molecule has 3 aromatic carbocycles. The van der Waals surface area contributed by atoms with Gasteiger partial charge in [0.15, 0.2) is 0 Å². The molecule has 1 atom stereocenters. The molecule has 0 spiro atoms. The van der Waals surface area contributed by atoms with Gasteiger partial charge in [-0.2, -0.15) is 0 Å². The molecule has 0 aromatic heterocycles. The number of unbranched alkanes of at least 4 members (excludes halogenated alkanes) is 2. The predicted octanol–water partition coefficient (Wildman–Crippen LogP) is 6.95. The van der Waals surface area contributed by atoms with Crippen LogP contribution in [0, 0.1) is 24.0 Å². The van der Waals surface area contributed by atoms with Crippen molar-refractivity contribution >= 4 is 23.5 Å². The quantitative estimate of drug-likeness (QED) is 0.147. The first-order chi connectivity index (χ1) is 19.4. The number of rotatable bonds is 11. The van der Waals surface area contributed by atoms with Crippen molar-refractivity contribution in [3.63, 3.8) is 0 Å². The van der Waals surface area contributed by atoms with E-state index >= 15 is 0 Å². The second-order valence-corrected chi connectivity index (χ2v) is 10.2. The highest BCUT2D eigenvalue weighted by molar-refractivity contribution is 6.03. The number of amides is 1. The van der Waals surface area contributed by atoms with Gasteiger partial charge in [-0.05, 0) is 75.8 Å². The molecule has 9 heteroatoms. The van der Waals surface area contributed by atoms with Gasteiger partial charge in [0.2, 0.25) is 5.75 Å². The van der Waals surface area contributed by atoms with Gasteiger partial charge in [-0.3, -0.25) is 19.9 Å². The summed E-state index contributed by atoms with van der Waals surface area (Å²) in [7, 11) is 0. The molecule has 2 heterocycles. The Morgan fingerprint density at radius 3 is 2.48 bits per heavy atom. The summed E-state index contributed by atoms with van der Waals surface area (Å²) < 4.78 is 17.7. The van der Waals surface area contributed by atoms with Gasteiger partial charge in [-0.25, -0.2) is 0 Å². The lowest BCUT2D eigenvalue weighted by Gasteiger charge is -2.20. The number of nitro benzene ring substituents is 1. The number of aliphatic imine (C=N–C) groups is 1. The van der Waals surface area contributed by atoms with E-state index < -0.39 is 4.92 Å². The Labute approximate surface area is 233 Å². The van der Waals surface area contributed by atoms with E-state index in [2.05, 4.69) is 4.99 Å². The number of benzene rings is 3. The van der Waals surface area contributed by atoms with E-state index in [1.54, 1.807) is 24.3 Å². The molecule has 5 rings (SSSR count). The van der Waals surface area contributed by atoms with Gasteiger partial charge in [-0.1, -0.05) is 17.7 Å². The molecule has 0 unspecified atom stereocenters. The Kier molecular flexibility index (Phi) is 8.28. The average Bonchev–Trinajstić information content (AvgIpc) is 3.37. The van der Waals surface area contributed by atoms with Crippen LogP contribution < -0.4 is 14.2 Å². The van der Waals surface area contributed by atoms with Gasteiger partial charge < -0.3 is 19.1 Å². The lowest BCUT2D eigenvalue weighted by Crippen LogP contribution is -2.35. The normalized spacial score (nSPS) is 15.8. The molecule has 1 amide bonds. The monoisotopic (exact) mass is 543 g/mol. The summed E-state index contributed by atoms with van der Waals surface area (Å²) >= 11 is 0. The first kappa shape index (κ1) is 27.2. The number of nitro groups is 1. The van der Waals surface area contributed by atoms with Gasteiger partial charge >= 0.3 is 5.69 Å². The van der Waals surface area contributed by atoms with Crippen LogP contribution in [-0.4, -0.2) is 47.7 Å². The van der Waals surface area contributed by atoms with Crippen molar-refractivity contribution in [2.45, 2.75) is 52.0 Å². The predicted molar refractivity (Wildman–Crippen MR) is 153 cm³/mol. The van der Waals surface area contributed by atoms with Crippen LogP contribution in [0.4, 0.5) is 11.4 Å². The minimum atomic E-state index is -0.466. The van der Waals surface area contributed by atoms with E-state index in [1.165, 1.54) is 6.07 Å². The van der Waals surface area contributed by atoms with Gasteiger partial charge in [0.1, 0.15) is 17.2 Å². The maximum absolute atomic E-state index is 13.0. The topological polar surface area (TPSA) is 104 Å². The summed E-state index contributed by atoms with van der Waals surface area (Å²) in [6.45, 7) is 5.70. The fourth-order valence-corrected chi connectivity index (χ4v) is 4.93. The van der Waals surface area contributed by atoms with Crippen molar-refractivity contribution < 1.29 is 23.9 Å². The fourth-order valence-electron chi connectivity index (χ4n) is 4.93. The van der Waals surface area contributed by atoms with Crippen molar-refractivity contribution in [3.8, 4) is 23.0 Å². The SMILES string of the molecule is Cc1ccc(Oc2cc(OCCCCCOc3cc4c(cc3C)C(=O)N3CCC[C@H]3C=N4)ccc2[N+](=O)[O-])cc1. The molecule has 0 saturated carbocycles. The maximum Gasteiger partial charge on any atom is 0.311 e. The van der Waals surface area contributed by atoms with Crippen molar-refractivity contribution in [2.75, 3.05) is 19.8 Å². The Morgan fingerprint density at radius 2 is 1.70 bits per heavy atom. The van der Waals surface area contributed by atoms with Gasteiger partial charge in [0.05, 0.1) is 35.4 Å². The third kappa shape index (κ3) is 6.25. The minimum Gasteiger partial charge on any atom is -0.493 e. The van der Waals surface area contributed by atoms with Gasteiger partial charge in [0.25, 0.3) is 5.91 Å². The second kappa shape index (κ2) is 12.2. The smallest absolute Gasteiger partial charge is 0.311 e. The van der Waals surface area contributed by atoms with Crippen molar-refractivity contribution in [1.82, 2.24) is 4.90 Å². The Bertz CT molecular complexity index is 1420.